The highest BCUT2D eigenvalue weighted by atomic mass is 79.9. The monoisotopic (exact) mass is 377 g/mol. The summed E-state index contributed by atoms with van der Waals surface area (Å²) < 4.78 is 2.06. The van der Waals surface area contributed by atoms with Gasteiger partial charge in [-0.1, -0.05) is 28.8 Å². The number of piperidine rings is 1. The minimum atomic E-state index is 0.210. The maximum absolute atomic E-state index is 13.0. The molecule has 0 bridgehead atoms. The van der Waals surface area contributed by atoms with Gasteiger partial charge in [-0.15, -0.1) is 11.3 Å². The van der Waals surface area contributed by atoms with E-state index in [1.54, 1.807) is 11.3 Å². The molecule has 22 heavy (non-hydrogen) atoms. The summed E-state index contributed by atoms with van der Waals surface area (Å²) in [5.41, 5.74) is 1.15. The molecule has 2 heterocycles. The Hall–Kier alpha value is -0.870. The topological polar surface area (TPSA) is 20.3 Å². The van der Waals surface area contributed by atoms with Crippen LogP contribution in [0.5, 0.6) is 0 Å². The zero-order valence-corrected chi connectivity index (χ0v) is 15.0. The molecule has 1 aromatic heterocycles. The number of halogens is 1. The molecule has 0 radical (unpaired) electrons. The summed E-state index contributed by atoms with van der Waals surface area (Å²) in [6.45, 7) is 1.04. The average Bonchev–Trinajstić information content (AvgIpc) is 2.55. The molecule has 1 aliphatic carbocycles. The molecule has 1 saturated carbocycles. The van der Waals surface area contributed by atoms with Gasteiger partial charge in [0.15, 0.2) is 0 Å². The number of hydrogen-bond acceptors (Lipinski definition) is 3. The van der Waals surface area contributed by atoms with Crippen molar-refractivity contribution in [2.45, 2.75) is 44.6 Å². The SMILES string of the molecule is O=c1c(N2CCCC3CCCCC32)csc2ccc(Br)cc12. The van der Waals surface area contributed by atoms with Crippen LogP contribution in [0.3, 0.4) is 0 Å². The quantitative estimate of drug-likeness (QED) is 0.681. The van der Waals surface area contributed by atoms with Crippen LogP contribution in [-0.4, -0.2) is 12.6 Å². The lowest BCUT2D eigenvalue weighted by Crippen LogP contribution is -2.48. The second kappa shape index (κ2) is 5.97. The molecule has 0 N–H and O–H groups in total. The van der Waals surface area contributed by atoms with E-state index in [0.717, 1.165) is 32.7 Å². The molecule has 116 valence electrons. The van der Waals surface area contributed by atoms with Gasteiger partial charge in [-0.3, -0.25) is 4.79 Å². The molecule has 0 amide bonds. The van der Waals surface area contributed by atoms with Crippen LogP contribution < -0.4 is 10.3 Å². The molecule has 2 aliphatic rings. The summed E-state index contributed by atoms with van der Waals surface area (Å²) in [5, 5.41) is 2.95. The highest BCUT2D eigenvalue weighted by Gasteiger charge is 2.34. The first-order valence-corrected chi connectivity index (χ1v) is 9.89. The van der Waals surface area contributed by atoms with Crippen LogP contribution >= 0.6 is 27.3 Å². The number of fused-ring (bicyclic) bond motifs is 2. The first-order chi connectivity index (χ1) is 10.7. The summed E-state index contributed by atoms with van der Waals surface area (Å²) >= 11 is 5.19. The van der Waals surface area contributed by atoms with E-state index in [1.807, 2.05) is 18.2 Å². The normalized spacial score (nSPS) is 25.2. The van der Waals surface area contributed by atoms with Crippen molar-refractivity contribution in [1.82, 2.24) is 0 Å². The van der Waals surface area contributed by atoms with Crippen molar-refractivity contribution in [3.05, 3.63) is 38.3 Å². The van der Waals surface area contributed by atoms with Crippen LogP contribution in [0.15, 0.2) is 32.8 Å². The minimum absolute atomic E-state index is 0.210. The average molecular weight is 378 g/mol. The standard InChI is InChI=1S/C18H20BrNOS/c19-13-7-8-17-14(10-13)18(21)16(11-22-17)20-9-3-5-12-4-1-2-6-15(12)20/h7-8,10-12,15H,1-6,9H2. The molecule has 2 aromatic rings. The fourth-order valence-corrected chi connectivity index (χ4v) is 5.48. The molecule has 2 nitrogen and oxygen atoms in total. The molecule has 1 aromatic carbocycles. The smallest absolute Gasteiger partial charge is 0.211 e. The van der Waals surface area contributed by atoms with Crippen molar-refractivity contribution in [3.63, 3.8) is 0 Å². The molecule has 2 unspecified atom stereocenters. The highest BCUT2D eigenvalue weighted by Crippen LogP contribution is 2.37. The summed E-state index contributed by atoms with van der Waals surface area (Å²) in [6, 6.07) is 6.61. The lowest BCUT2D eigenvalue weighted by Gasteiger charge is -2.45. The number of rotatable bonds is 1. The Morgan fingerprint density at radius 2 is 1.95 bits per heavy atom. The first kappa shape index (κ1) is 14.7. The van der Waals surface area contributed by atoms with Crippen LogP contribution in [0.25, 0.3) is 10.1 Å². The van der Waals surface area contributed by atoms with E-state index >= 15 is 0 Å². The predicted molar refractivity (Wildman–Crippen MR) is 98.1 cm³/mol. The fourth-order valence-electron chi connectivity index (χ4n) is 4.22. The third kappa shape index (κ3) is 2.50. The van der Waals surface area contributed by atoms with Crippen molar-refractivity contribution < 1.29 is 0 Å². The molecule has 1 saturated heterocycles. The Morgan fingerprint density at radius 3 is 2.86 bits per heavy atom. The highest BCUT2D eigenvalue weighted by molar-refractivity contribution is 9.10. The van der Waals surface area contributed by atoms with E-state index in [2.05, 4.69) is 26.2 Å². The Morgan fingerprint density at radius 1 is 1.14 bits per heavy atom. The molecule has 0 spiro atoms. The first-order valence-electron chi connectivity index (χ1n) is 8.22. The van der Waals surface area contributed by atoms with E-state index in [-0.39, 0.29) is 5.43 Å². The van der Waals surface area contributed by atoms with E-state index in [0.29, 0.717) is 6.04 Å². The molecular weight excluding hydrogens is 358 g/mol. The van der Waals surface area contributed by atoms with Gasteiger partial charge >= 0.3 is 0 Å². The van der Waals surface area contributed by atoms with Gasteiger partial charge in [-0.25, -0.2) is 0 Å². The van der Waals surface area contributed by atoms with Crippen LogP contribution in [0, 0.1) is 5.92 Å². The summed E-state index contributed by atoms with van der Waals surface area (Å²) in [6.07, 6.45) is 7.85. The van der Waals surface area contributed by atoms with Gasteiger partial charge in [-0.05, 0) is 49.8 Å². The van der Waals surface area contributed by atoms with Gasteiger partial charge in [0, 0.05) is 32.5 Å². The number of hydrogen-bond donors (Lipinski definition) is 0. The maximum Gasteiger partial charge on any atom is 0.211 e. The summed E-state index contributed by atoms with van der Waals surface area (Å²) in [5.74, 6) is 0.796. The van der Waals surface area contributed by atoms with Gasteiger partial charge in [0.25, 0.3) is 0 Å². The maximum atomic E-state index is 13.0. The van der Waals surface area contributed by atoms with Gasteiger partial charge in [0.1, 0.15) is 0 Å². The molecule has 2 atom stereocenters. The third-order valence-electron chi connectivity index (χ3n) is 5.27. The van der Waals surface area contributed by atoms with Gasteiger partial charge in [-0.2, -0.15) is 0 Å². The Bertz CT molecular complexity index is 754. The number of benzene rings is 1. The lowest BCUT2D eigenvalue weighted by molar-refractivity contribution is 0.243. The third-order valence-corrected chi connectivity index (χ3v) is 6.71. The molecule has 2 fully saturated rings. The molecule has 4 heteroatoms. The van der Waals surface area contributed by atoms with Crippen molar-refractivity contribution in [3.8, 4) is 0 Å². The van der Waals surface area contributed by atoms with Gasteiger partial charge in [0.05, 0.1) is 5.69 Å². The van der Waals surface area contributed by atoms with E-state index in [4.69, 9.17) is 0 Å². The van der Waals surface area contributed by atoms with Crippen LogP contribution in [0.1, 0.15) is 38.5 Å². The van der Waals surface area contributed by atoms with E-state index < -0.39 is 0 Å². The van der Waals surface area contributed by atoms with E-state index in [9.17, 15) is 4.79 Å². The van der Waals surface area contributed by atoms with Crippen molar-refractivity contribution in [2.75, 3.05) is 11.4 Å². The molecular formula is C18H20BrNOS. The fraction of sp³-hybridized carbons (Fsp3) is 0.500. The summed E-state index contributed by atoms with van der Waals surface area (Å²) in [7, 11) is 0. The van der Waals surface area contributed by atoms with Gasteiger partial charge in [0.2, 0.25) is 5.43 Å². The minimum Gasteiger partial charge on any atom is -0.364 e. The second-order valence-corrected chi connectivity index (χ2v) is 8.36. The zero-order valence-electron chi connectivity index (χ0n) is 12.6. The van der Waals surface area contributed by atoms with Crippen molar-refractivity contribution in [2.24, 2.45) is 5.92 Å². The predicted octanol–water partition coefficient (Wildman–Crippen LogP) is 5.18. The zero-order chi connectivity index (χ0) is 15.1. The van der Waals surface area contributed by atoms with Crippen LogP contribution in [0.2, 0.25) is 0 Å². The van der Waals surface area contributed by atoms with Gasteiger partial charge < -0.3 is 4.90 Å². The molecule has 1 aliphatic heterocycles. The second-order valence-electron chi connectivity index (χ2n) is 6.54. The molecule has 4 rings (SSSR count). The van der Waals surface area contributed by atoms with Crippen LogP contribution in [-0.2, 0) is 0 Å². The van der Waals surface area contributed by atoms with Crippen molar-refractivity contribution in [1.29, 1.82) is 0 Å². The number of nitrogens with zero attached hydrogens (tertiary/aromatic N) is 1. The largest absolute Gasteiger partial charge is 0.364 e. The Labute approximate surface area is 143 Å². The lowest BCUT2D eigenvalue weighted by atomic mass is 9.78. The van der Waals surface area contributed by atoms with Crippen molar-refractivity contribution >= 4 is 43.0 Å². The Kier molecular flexibility index (Phi) is 3.99. The summed E-state index contributed by atoms with van der Waals surface area (Å²) in [4.78, 5) is 15.4. The number of anilines is 1. The Balaban J connectivity index is 1.79. The van der Waals surface area contributed by atoms with E-state index in [1.165, 1.54) is 38.5 Å². The van der Waals surface area contributed by atoms with Crippen LogP contribution in [0.4, 0.5) is 5.69 Å².